The van der Waals surface area contributed by atoms with Crippen LogP contribution in [0.1, 0.15) is 91.4 Å². The zero-order valence-electron chi connectivity index (χ0n) is 21.0. The monoisotopic (exact) mass is 458 g/mol. The van der Waals surface area contributed by atoms with Crippen molar-refractivity contribution >= 4 is 11.8 Å². The fourth-order valence-electron chi connectivity index (χ4n) is 8.92. The van der Waals surface area contributed by atoms with Gasteiger partial charge in [0.05, 0.1) is 6.61 Å². The number of rotatable bonds is 5. The van der Waals surface area contributed by atoms with Crippen molar-refractivity contribution in [1.29, 1.82) is 0 Å². The molecule has 4 saturated carbocycles. The summed E-state index contributed by atoms with van der Waals surface area (Å²) in [7, 11) is 1.79. The molecule has 0 spiro atoms. The number of methoxy groups -OCH3 is 1. The quantitative estimate of drug-likeness (QED) is 0.396. The summed E-state index contributed by atoms with van der Waals surface area (Å²) in [5.41, 5.74) is 1.35. The normalized spacial score (nSPS) is 43.9. The topological polar surface area (TPSA) is 61.8 Å². The van der Waals surface area contributed by atoms with E-state index in [1.807, 2.05) is 6.08 Å². The number of carbonyl (C=O) groups is 2. The van der Waals surface area contributed by atoms with E-state index in [4.69, 9.17) is 14.2 Å². The first-order chi connectivity index (χ1) is 15.7. The van der Waals surface area contributed by atoms with Crippen molar-refractivity contribution in [3.63, 3.8) is 0 Å². The van der Waals surface area contributed by atoms with Gasteiger partial charge in [-0.25, -0.2) is 0 Å². The first-order valence-corrected chi connectivity index (χ1v) is 13.3. The molecule has 5 aliphatic rings. The minimum atomic E-state index is -0.448. The molecule has 5 rings (SSSR count). The highest BCUT2D eigenvalue weighted by Crippen LogP contribution is 2.67. The molecule has 0 aliphatic heterocycles. The molecule has 0 unspecified atom stereocenters. The van der Waals surface area contributed by atoms with E-state index in [2.05, 4.69) is 13.8 Å². The third-order valence-corrected chi connectivity index (χ3v) is 10.6. The molecule has 4 fully saturated rings. The van der Waals surface area contributed by atoms with Crippen LogP contribution >= 0.6 is 0 Å². The van der Waals surface area contributed by atoms with Crippen LogP contribution in [-0.2, 0) is 23.8 Å². The van der Waals surface area contributed by atoms with Crippen LogP contribution in [0.2, 0.25) is 0 Å². The molecule has 33 heavy (non-hydrogen) atoms. The van der Waals surface area contributed by atoms with Crippen LogP contribution in [0, 0.1) is 34.5 Å². The maximum Gasteiger partial charge on any atom is 0.302 e. The summed E-state index contributed by atoms with van der Waals surface area (Å²) >= 11 is 0. The number of ketones is 1. The Balaban J connectivity index is 1.47. The molecule has 7 atom stereocenters. The lowest BCUT2D eigenvalue weighted by atomic mass is 9.45. The van der Waals surface area contributed by atoms with Gasteiger partial charge in [-0.05, 0) is 81.1 Å². The number of esters is 1. The van der Waals surface area contributed by atoms with Gasteiger partial charge in [-0.2, -0.15) is 0 Å². The average Bonchev–Trinajstić information content (AvgIpc) is 3.38. The molecular weight excluding hydrogens is 416 g/mol. The van der Waals surface area contributed by atoms with Crippen molar-refractivity contribution in [3.05, 3.63) is 11.6 Å². The number of hydrogen-bond acceptors (Lipinski definition) is 5. The van der Waals surface area contributed by atoms with Gasteiger partial charge in [0.15, 0.2) is 11.6 Å². The van der Waals surface area contributed by atoms with Crippen LogP contribution in [0.25, 0.3) is 0 Å². The van der Waals surface area contributed by atoms with Gasteiger partial charge in [0.25, 0.3) is 0 Å². The molecule has 0 bridgehead atoms. The minimum absolute atomic E-state index is 0.0421. The Hall–Kier alpha value is -1.20. The SMILES string of the molecule is COC1(OC[C@]23CCC(=O)C=C2C[C@@H](C)[C@@H]2[C@@H]3CC[C@]3(C)[C@@H](OC(C)=O)CC[C@@H]23)CCCC1. The first-order valence-electron chi connectivity index (χ1n) is 13.3. The standard InChI is InChI=1S/C28H42O5/c1-18-15-20-16-21(30)9-14-27(20,17-32-28(31-4)11-5-6-12-28)23-10-13-26(3)22(25(18)23)7-8-24(26)33-19(2)29/h16,18,22-25H,5-15,17H2,1-4H3/t18-,22+,23+,24+,25+,26+,27-/m1/s1. The Labute approximate surface area is 199 Å². The fourth-order valence-corrected chi connectivity index (χ4v) is 8.92. The van der Waals surface area contributed by atoms with Crippen molar-refractivity contribution in [2.75, 3.05) is 13.7 Å². The van der Waals surface area contributed by atoms with Crippen molar-refractivity contribution in [2.24, 2.45) is 34.5 Å². The Morgan fingerprint density at radius 2 is 1.85 bits per heavy atom. The lowest BCUT2D eigenvalue weighted by Crippen LogP contribution is -2.57. The molecule has 0 N–H and O–H groups in total. The maximum absolute atomic E-state index is 12.5. The second-order valence-corrected chi connectivity index (χ2v) is 12.1. The van der Waals surface area contributed by atoms with Crippen LogP contribution in [-0.4, -0.2) is 37.4 Å². The number of carbonyl (C=O) groups excluding carboxylic acids is 2. The summed E-state index contributed by atoms with van der Waals surface area (Å²) in [6.45, 7) is 6.98. The van der Waals surface area contributed by atoms with Crippen molar-refractivity contribution in [2.45, 2.75) is 103 Å². The highest BCUT2D eigenvalue weighted by Gasteiger charge is 2.63. The summed E-state index contributed by atoms with van der Waals surface area (Å²) in [6.07, 6.45) is 13.1. The maximum atomic E-state index is 12.5. The van der Waals surface area contributed by atoms with Crippen LogP contribution in [0.3, 0.4) is 0 Å². The molecule has 5 nitrogen and oxygen atoms in total. The van der Waals surface area contributed by atoms with Crippen LogP contribution in [0.5, 0.6) is 0 Å². The van der Waals surface area contributed by atoms with E-state index >= 15 is 0 Å². The Kier molecular flexibility index (Phi) is 6.05. The molecule has 0 aromatic carbocycles. The largest absolute Gasteiger partial charge is 0.462 e. The molecule has 184 valence electrons. The number of fused-ring (bicyclic) bond motifs is 5. The third-order valence-electron chi connectivity index (χ3n) is 10.6. The van der Waals surface area contributed by atoms with Gasteiger partial charge in [-0.15, -0.1) is 0 Å². The molecule has 5 heteroatoms. The molecule has 0 heterocycles. The molecule has 0 saturated heterocycles. The first kappa shape index (κ1) is 23.5. The molecule has 0 radical (unpaired) electrons. The second kappa shape index (κ2) is 8.48. The zero-order chi connectivity index (χ0) is 23.4. The van der Waals surface area contributed by atoms with E-state index in [-0.39, 0.29) is 28.7 Å². The van der Waals surface area contributed by atoms with Gasteiger partial charge in [0, 0.05) is 44.1 Å². The van der Waals surface area contributed by atoms with Gasteiger partial charge < -0.3 is 14.2 Å². The molecule has 0 amide bonds. The van der Waals surface area contributed by atoms with Gasteiger partial charge >= 0.3 is 5.97 Å². The smallest absolute Gasteiger partial charge is 0.302 e. The van der Waals surface area contributed by atoms with Crippen molar-refractivity contribution in [3.8, 4) is 0 Å². The zero-order valence-corrected chi connectivity index (χ0v) is 21.0. The van der Waals surface area contributed by atoms with Crippen LogP contribution in [0.4, 0.5) is 0 Å². The average molecular weight is 459 g/mol. The highest BCUT2D eigenvalue weighted by molar-refractivity contribution is 5.91. The van der Waals surface area contributed by atoms with E-state index in [9.17, 15) is 9.59 Å². The summed E-state index contributed by atoms with van der Waals surface area (Å²) in [5.74, 6) is 1.88. The summed E-state index contributed by atoms with van der Waals surface area (Å²) < 4.78 is 18.5. The number of hydrogen-bond donors (Lipinski definition) is 0. The summed E-state index contributed by atoms with van der Waals surface area (Å²) in [4.78, 5) is 24.3. The minimum Gasteiger partial charge on any atom is -0.462 e. The van der Waals surface area contributed by atoms with Crippen LogP contribution in [0.15, 0.2) is 11.6 Å². The Morgan fingerprint density at radius 1 is 1.09 bits per heavy atom. The lowest BCUT2D eigenvalue weighted by Gasteiger charge is -2.61. The van der Waals surface area contributed by atoms with Gasteiger partial charge in [-0.3, -0.25) is 9.59 Å². The predicted octanol–water partition coefficient (Wildman–Crippen LogP) is 5.61. The molecular formula is C28H42O5. The van der Waals surface area contributed by atoms with E-state index in [0.29, 0.717) is 36.7 Å². The second-order valence-electron chi connectivity index (χ2n) is 12.1. The summed E-state index contributed by atoms with van der Waals surface area (Å²) in [6, 6.07) is 0. The predicted molar refractivity (Wildman–Crippen MR) is 125 cm³/mol. The van der Waals surface area contributed by atoms with E-state index < -0.39 is 5.79 Å². The summed E-state index contributed by atoms with van der Waals surface area (Å²) in [5, 5.41) is 0. The van der Waals surface area contributed by atoms with Gasteiger partial charge in [0.1, 0.15) is 6.10 Å². The highest BCUT2D eigenvalue weighted by atomic mass is 16.7. The van der Waals surface area contributed by atoms with E-state index in [0.717, 1.165) is 64.2 Å². The van der Waals surface area contributed by atoms with Crippen molar-refractivity contribution in [1.82, 2.24) is 0 Å². The molecule has 5 aliphatic carbocycles. The third kappa shape index (κ3) is 3.73. The van der Waals surface area contributed by atoms with Gasteiger partial charge in [0.2, 0.25) is 0 Å². The van der Waals surface area contributed by atoms with E-state index in [1.54, 1.807) is 14.0 Å². The van der Waals surface area contributed by atoms with E-state index in [1.165, 1.54) is 5.57 Å². The Bertz CT molecular complexity index is 826. The molecule has 0 aromatic rings. The number of ether oxygens (including phenoxy) is 3. The van der Waals surface area contributed by atoms with Crippen LogP contribution < -0.4 is 0 Å². The molecule has 0 aromatic heterocycles. The fraction of sp³-hybridized carbons (Fsp3) is 0.857. The lowest BCUT2D eigenvalue weighted by molar-refractivity contribution is -0.241. The van der Waals surface area contributed by atoms with Crippen molar-refractivity contribution < 1.29 is 23.8 Å². The van der Waals surface area contributed by atoms with Gasteiger partial charge in [-0.1, -0.05) is 19.4 Å². The Morgan fingerprint density at radius 3 is 2.55 bits per heavy atom.